The number of carbonyl (C=O) groups excluding carboxylic acids is 1. The highest BCUT2D eigenvalue weighted by Gasteiger charge is 2.56. The van der Waals surface area contributed by atoms with Gasteiger partial charge in [-0.15, -0.1) is 0 Å². The quantitative estimate of drug-likeness (QED) is 0.630. The average molecular weight is 189 g/mol. The second kappa shape index (κ2) is 2.77. The summed E-state index contributed by atoms with van der Waals surface area (Å²) >= 11 is 0. The maximum atomic E-state index is 10.6. The zero-order valence-electron chi connectivity index (χ0n) is 7.71. The summed E-state index contributed by atoms with van der Waals surface area (Å²) in [7, 11) is 0. The molecule has 0 N–H and O–H groups in total. The lowest BCUT2D eigenvalue weighted by molar-refractivity contribution is -0.109. The van der Waals surface area contributed by atoms with E-state index in [2.05, 4.69) is 14.9 Å². The van der Waals surface area contributed by atoms with E-state index in [0.29, 0.717) is 17.8 Å². The Kier molecular flexibility index (Phi) is 1.56. The van der Waals surface area contributed by atoms with Crippen LogP contribution in [0.25, 0.3) is 0 Å². The molecule has 1 saturated carbocycles. The van der Waals surface area contributed by atoms with E-state index in [1.807, 2.05) is 6.07 Å². The number of nitrogens with zero attached hydrogens (tertiary/aromatic N) is 3. The maximum absolute atomic E-state index is 10.6. The number of anilines is 1. The van der Waals surface area contributed by atoms with Crippen molar-refractivity contribution in [1.82, 2.24) is 9.97 Å². The number of aldehydes is 1. The van der Waals surface area contributed by atoms with Crippen molar-refractivity contribution in [2.24, 2.45) is 17.8 Å². The molecule has 0 bridgehead atoms. The molecule has 0 spiro atoms. The summed E-state index contributed by atoms with van der Waals surface area (Å²) in [6.45, 7) is 1.89. The molecule has 1 aromatic heterocycles. The summed E-state index contributed by atoms with van der Waals surface area (Å²) < 4.78 is 0. The third-order valence-corrected chi connectivity index (χ3v) is 3.25. The Morgan fingerprint density at radius 3 is 2.50 bits per heavy atom. The minimum atomic E-state index is 0.315. The molecule has 2 aliphatic rings. The van der Waals surface area contributed by atoms with E-state index in [4.69, 9.17) is 0 Å². The van der Waals surface area contributed by atoms with E-state index < -0.39 is 0 Å². The Labute approximate surface area is 82.0 Å². The highest BCUT2D eigenvalue weighted by atomic mass is 16.1. The van der Waals surface area contributed by atoms with Crippen LogP contribution >= 0.6 is 0 Å². The number of hydrogen-bond donors (Lipinski definition) is 0. The third-order valence-electron chi connectivity index (χ3n) is 3.25. The van der Waals surface area contributed by atoms with Crippen molar-refractivity contribution in [2.75, 3.05) is 18.0 Å². The number of rotatable bonds is 2. The second-order valence-electron chi connectivity index (χ2n) is 3.99. The molecule has 2 atom stereocenters. The smallest absolute Gasteiger partial charge is 0.225 e. The van der Waals surface area contributed by atoms with Crippen LogP contribution in [-0.2, 0) is 4.79 Å². The van der Waals surface area contributed by atoms with Gasteiger partial charge >= 0.3 is 0 Å². The Balaban J connectivity index is 1.72. The molecule has 0 aromatic carbocycles. The fourth-order valence-electron chi connectivity index (χ4n) is 2.39. The van der Waals surface area contributed by atoms with Gasteiger partial charge in [-0.2, -0.15) is 0 Å². The van der Waals surface area contributed by atoms with Gasteiger partial charge in [-0.25, -0.2) is 9.97 Å². The van der Waals surface area contributed by atoms with E-state index in [-0.39, 0.29) is 0 Å². The Bertz CT molecular complexity index is 342. The molecule has 4 heteroatoms. The van der Waals surface area contributed by atoms with Gasteiger partial charge in [-0.1, -0.05) is 0 Å². The van der Waals surface area contributed by atoms with Gasteiger partial charge in [0.2, 0.25) is 5.95 Å². The van der Waals surface area contributed by atoms with Crippen LogP contribution < -0.4 is 4.90 Å². The zero-order chi connectivity index (χ0) is 9.54. The summed E-state index contributed by atoms with van der Waals surface area (Å²) in [5.74, 6) is 2.24. The molecule has 1 aliphatic carbocycles. The first-order valence-corrected chi connectivity index (χ1v) is 4.87. The molecule has 72 valence electrons. The normalized spacial score (nSPS) is 34.0. The van der Waals surface area contributed by atoms with Crippen LogP contribution in [0.3, 0.4) is 0 Å². The molecule has 2 fully saturated rings. The fraction of sp³-hybridized carbons (Fsp3) is 0.500. The maximum Gasteiger partial charge on any atom is 0.225 e. The zero-order valence-corrected chi connectivity index (χ0v) is 7.71. The van der Waals surface area contributed by atoms with Gasteiger partial charge in [0.25, 0.3) is 0 Å². The standard InChI is InChI=1S/C10H11N3O/c14-6-9-7-4-13(5-8(7)9)10-11-2-1-3-12-10/h1-3,6-9H,4-5H2. The number of hydrogen-bond acceptors (Lipinski definition) is 4. The summed E-state index contributed by atoms with van der Waals surface area (Å²) in [5.41, 5.74) is 0. The second-order valence-corrected chi connectivity index (χ2v) is 3.99. The van der Waals surface area contributed by atoms with Crippen molar-refractivity contribution < 1.29 is 4.79 Å². The first kappa shape index (κ1) is 7.91. The molecule has 14 heavy (non-hydrogen) atoms. The molecule has 1 aromatic rings. The van der Waals surface area contributed by atoms with Crippen molar-refractivity contribution >= 4 is 12.2 Å². The minimum absolute atomic E-state index is 0.315. The highest BCUT2D eigenvalue weighted by Crippen LogP contribution is 2.50. The Hall–Kier alpha value is -1.45. The van der Waals surface area contributed by atoms with Crippen molar-refractivity contribution in [3.8, 4) is 0 Å². The summed E-state index contributed by atoms with van der Waals surface area (Å²) in [6, 6.07) is 1.81. The third kappa shape index (κ3) is 1.03. The molecule has 0 radical (unpaired) electrons. The van der Waals surface area contributed by atoms with Crippen molar-refractivity contribution in [3.05, 3.63) is 18.5 Å². The Morgan fingerprint density at radius 2 is 1.93 bits per heavy atom. The number of piperidine rings is 1. The molecular formula is C10H11N3O. The van der Waals surface area contributed by atoms with Gasteiger partial charge in [0, 0.05) is 31.4 Å². The summed E-state index contributed by atoms with van der Waals surface area (Å²) in [5, 5.41) is 0. The van der Waals surface area contributed by atoms with Gasteiger partial charge in [0.05, 0.1) is 0 Å². The van der Waals surface area contributed by atoms with Crippen LogP contribution in [-0.4, -0.2) is 29.3 Å². The molecule has 1 aliphatic heterocycles. The van der Waals surface area contributed by atoms with Crippen LogP contribution in [0.1, 0.15) is 0 Å². The molecule has 1 saturated heterocycles. The van der Waals surface area contributed by atoms with Gasteiger partial charge in [-0.3, -0.25) is 0 Å². The lowest BCUT2D eigenvalue weighted by Gasteiger charge is -2.17. The van der Waals surface area contributed by atoms with E-state index in [1.54, 1.807) is 12.4 Å². The minimum Gasteiger partial charge on any atom is -0.340 e. The number of fused-ring (bicyclic) bond motifs is 1. The molecule has 4 nitrogen and oxygen atoms in total. The monoisotopic (exact) mass is 189 g/mol. The van der Waals surface area contributed by atoms with E-state index in [9.17, 15) is 4.79 Å². The van der Waals surface area contributed by atoms with Crippen LogP contribution in [0.4, 0.5) is 5.95 Å². The van der Waals surface area contributed by atoms with Crippen molar-refractivity contribution in [3.63, 3.8) is 0 Å². The number of aromatic nitrogens is 2. The van der Waals surface area contributed by atoms with Crippen molar-refractivity contribution in [1.29, 1.82) is 0 Å². The van der Waals surface area contributed by atoms with E-state index >= 15 is 0 Å². The summed E-state index contributed by atoms with van der Waals surface area (Å²) in [4.78, 5) is 21.1. The first-order valence-electron chi connectivity index (χ1n) is 4.87. The SMILES string of the molecule is O=CC1C2CN(c3ncccn3)CC12. The molecule has 2 unspecified atom stereocenters. The largest absolute Gasteiger partial charge is 0.340 e. The molecule has 0 amide bonds. The topological polar surface area (TPSA) is 46.1 Å². The van der Waals surface area contributed by atoms with Gasteiger partial charge in [-0.05, 0) is 17.9 Å². The molecular weight excluding hydrogens is 178 g/mol. The van der Waals surface area contributed by atoms with Crippen LogP contribution in [0, 0.1) is 17.8 Å². The molecule has 3 rings (SSSR count). The van der Waals surface area contributed by atoms with Crippen molar-refractivity contribution in [2.45, 2.75) is 0 Å². The number of carbonyl (C=O) groups is 1. The Morgan fingerprint density at radius 1 is 1.29 bits per heavy atom. The van der Waals surface area contributed by atoms with Gasteiger partial charge in [0.15, 0.2) is 0 Å². The lowest BCUT2D eigenvalue weighted by Crippen LogP contribution is -2.25. The van der Waals surface area contributed by atoms with Crippen LogP contribution in [0.15, 0.2) is 18.5 Å². The first-order chi connectivity index (χ1) is 6.90. The average Bonchev–Trinajstić information content (AvgIpc) is 2.72. The lowest BCUT2D eigenvalue weighted by atomic mass is 10.3. The summed E-state index contributed by atoms with van der Waals surface area (Å²) in [6.07, 6.45) is 4.60. The predicted molar refractivity (Wildman–Crippen MR) is 50.8 cm³/mol. The van der Waals surface area contributed by atoms with E-state index in [0.717, 1.165) is 25.3 Å². The fourth-order valence-corrected chi connectivity index (χ4v) is 2.39. The highest BCUT2D eigenvalue weighted by molar-refractivity contribution is 5.61. The molecule has 2 heterocycles. The van der Waals surface area contributed by atoms with Gasteiger partial charge in [0.1, 0.15) is 6.29 Å². The predicted octanol–water partition coefficient (Wildman–Crippen LogP) is 0.358. The van der Waals surface area contributed by atoms with Gasteiger partial charge < -0.3 is 9.69 Å². The van der Waals surface area contributed by atoms with Crippen LogP contribution in [0.2, 0.25) is 0 Å². The van der Waals surface area contributed by atoms with E-state index in [1.165, 1.54) is 0 Å². The van der Waals surface area contributed by atoms with Crippen LogP contribution in [0.5, 0.6) is 0 Å².